The van der Waals surface area contributed by atoms with Gasteiger partial charge in [0, 0.05) is 5.56 Å². The van der Waals surface area contributed by atoms with E-state index in [9.17, 15) is 4.79 Å². The molecular weight excluding hydrogens is 240 g/mol. The highest BCUT2D eigenvalue weighted by Gasteiger charge is 2.09. The van der Waals surface area contributed by atoms with Crippen molar-refractivity contribution in [2.24, 2.45) is 0 Å². The van der Waals surface area contributed by atoms with E-state index in [1.165, 1.54) is 0 Å². The van der Waals surface area contributed by atoms with Crippen LogP contribution in [-0.4, -0.2) is 21.1 Å². The summed E-state index contributed by atoms with van der Waals surface area (Å²) in [5, 5.41) is 11.3. The second-order valence-electron chi connectivity index (χ2n) is 4.26. The Labute approximate surface area is 109 Å². The van der Waals surface area contributed by atoms with Crippen LogP contribution >= 0.6 is 0 Å². The van der Waals surface area contributed by atoms with Crippen molar-refractivity contribution < 1.29 is 4.79 Å². The molecule has 0 aliphatic heterocycles. The van der Waals surface area contributed by atoms with Crippen LogP contribution in [0.25, 0.3) is 10.8 Å². The molecule has 1 aromatic heterocycles. The third-order valence-corrected chi connectivity index (χ3v) is 2.83. The van der Waals surface area contributed by atoms with Crippen molar-refractivity contribution in [1.29, 1.82) is 0 Å². The number of nitrogens with one attached hydrogen (secondary N) is 2. The fourth-order valence-electron chi connectivity index (χ4n) is 1.90. The van der Waals surface area contributed by atoms with Gasteiger partial charge in [-0.2, -0.15) is 4.98 Å². The van der Waals surface area contributed by atoms with E-state index in [2.05, 4.69) is 20.5 Å². The third kappa shape index (κ3) is 2.30. The summed E-state index contributed by atoms with van der Waals surface area (Å²) in [7, 11) is 0. The molecule has 2 N–H and O–H groups in total. The van der Waals surface area contributed by atoms with Crippen LogP contribution in [0.4, 0.5) is 5.95 Å². The Bertz CT molecular complexity index is 748. The van der Waals surface area contributed by atoms with Crippen LogP contribution in [0, 0.1) is 6.92 Å². The number of fused-ring (bicyclic) bond motifs is 1. The van der Waals surface area contributed by atoms with Crippen LogP contribution in [0.2, 0.25) is 0 Å². The molecule has 3 rings (SSSR count). The Morgan fingerprint density at radius 1 is 1.16 bits per heavy atom. The van der Waals surface area contributed by atoms with Crippen LogP contribution in [0.1, 0.15) is 16.2 Å². The van der Waals surface area contributed by atoms with Gasteiger partial charge in [0.2, 0.25) is 5.95 Å². The van der Waals surface area contributed by atoms with Crippen molar-refractivity contribution in [3.63, 3.8) is 0 Å². The number of hydrogen-bond donors (Lipinski definition) is 2. The minimum atomic E-state index is -0.218. The molecular formula is C14H12N4O. The maximum atomic E-state index is 12.1. The van der Waals surface area contributed by atoms with Crippen molar-refractivity contribution in [2.75, 3.05) is 5.32 Å². The van der Waals surface area contributed by atoms with Gasteiger partial charge in [-0.1, -0.05) is 30.3 Å². The van der Waals surface area contributed by atoms with Gasteiger partial charge >= 0.3 is 0 Å². The van der Waals surface area contributed by atoms with Crippen molar-refractivity contribution in [1.82, 2.24) is 15.2 Å². The number of carbonyl (C=O) groups is 1. The molecule has 5 nitrogen and oxygen atoms in total. The fourth-order valence-corrected chi connectivity index (χ4v) is 1.90. The lowest BCUT2D eigenvalue weighted by molar-refractivity contribution is 0.102. The normalized spacial score (nSPS) is 10.6. The first-order valence-electron chi connectivity index (χ1n) is 5.91. The van der Waals surface area contributed by atoms with Crippen LogP contribution in [0.5, 0.6) is 0 Å². The van der Waals surface area contributed by atoms with E-state index in [0.717, 1.165) is 10.8 Å². The molecule has 94 valence electrons. The first-order chi connectivity index (χ1) is 9.22. The number of nitrogens with zero attached hydrogens (tertiary/aromatic N) is 2. The molecule has 0 aliphatic rings. The quantitative estimate of drug-likeness (QED) is 0.736. The molecule has 1 heterocycles. The number of rotatable bonds is 2. The van der Waals surface area contributed by atoms with E-state index < -0.39 is 0 Å². The smallest absolute Gasteiger partial charge is 0.258 e. The summed E-state index contributed by atoms with van der Waals surface area (Å²) in [6.07, 6.45) is 0. The predicted octanol–water partition coefficient (Wildman–Crippen LogP) is 2.52. The van der Waals surface area contributed by atoms with Gasteiger partial charge in [-0.15, -0.1) is 5.10 Å². The van der Waals surface area contributed by atoms with E-state index in [4.69, 9.17) is 0 Å². The molecule has 0 unspecified atom stereocenters. The first-order valence-corrected chi connectivity index (χ1v) is 5.91. The zero-order valence-electron chi connectivity index (χ0n) is 10.3. The number of aromatic amines is 1. The highest BCUT2D eigenvalue weighted by molar-refractivity contribution is 6.05. The van der Waals surface area contributed by atoms with Gasteiger partial charge in [0.05, 0.1) is 0 Å². The molecule has 3 aromatic rings. The van der Waals surface area contributed by atoms with Gasteiger partial charge in [-0.25, -0.2) is 0 Å². The molecule has 5 heteroatoms. The summed E-state index contributed by atoms with van der Waals surface area (Å²) in [6.45, 7) is 1.78. The minimum absolute atomic E-state index is 0.218. The largest absolute Gasteiger partial charge is 0.289 e. The van der Waals surface area contributed by atoms with Crippen LogP contribution < -0.4 is 5.32 Å². The lowest BCUT2D eigenvalue weighted by Crippen LogP contribution is -2.12. The Balaban J connectivity index is 1.89. The summed E-state index contributed by atoms with van der Waals surface area (Å²) >= 11 is 0. The van der Waals surface area contributed by atoms with Gasteiger partial charge < -0.3 is 0 Å². The highest BCUT2D eigenvalue weighted by Crippen LogP contribution is 2.16. The van der Waals surface area contributed by atoms with E-state index in [0.29, 0.717) is 11.4 Å². The number of carbonyl (C=O) groups excluding carboxylic acids is 1. The number of anilines is 1. The van der Waals surface area contributed by atoms with Crippen molar-refractivity contribution in [3.8, 4) is 0 Å². The number of benzene rings is 2. The van der Waals surface area contributed by atoms with Gasteiger partial charge in [0.1, 0.15) is 5.82 Å². The summed E-state index contributed by atoms with van der Waals surface area (Å²) in [5.41, 5.74) is 0.584. The topological polar surface area (TPSA) is 70.7 Å². The third-order valence-electron chi connectivity index (χ3n) is 2.83. The Kier molecular flexibility index (Phi) is 2.72. The molecule has 0 radical (unpaired) electrons. The average Bonchev–Trinajstić information content (AvgIpc) is 2.83. The van der Waals surface area contributed by atoms with Gasteiger partial charge in [-0.05, 0) is 29.8 Å². The number of aryl methyl sites for hydroxylation is 1. The number of aromatic nitrogens is 3. The van der Waals surface area contributed by atoms with Crippen molar-refractivity contribution in [2.45, 2.75) is 6.92 Å². The summed E-state index contributed by atoms with van der Waals surface area (Å²) in [4.78, 5) is 16.1. The van der Waals surface area contributed by atoms with Crippen LogP contribution in [-0.2, 0) is 0 Å². The molecule has 0 atom stereocenters. The predicted molar refractivity (Wildman–Crippen MR) is 73.0 cm³/mol. The van der Waals surface area contributed by atoms with Crippen molar-refractivity contribution in [3.05, 3.63) is 53.9 Å². The number of hydrogen-bond acceptors (Lipinski definition) is 3. The molecule has 0 aliphatic carbocycles. The maximum absolute atomic E-state index is 12.1. The summed E-state index contributed by atoms with van der Waals surface area (Å²) in [6, 6.07) is 13.5. The van der Waals surface area contributed by atoms with Crippen LogP contribution in [0.3, 0.4) is 0 Å². The zero-order chi connectivity index (χ0) is 13.2. The SMILES string of the molecule is Cc1nc(NC(=O)c2ccc3ccccc3c2)n[nH]1. The fraction of sp³-hybridized carbons (Fsp3) is 0.0714. The average molecular weight is 252 g/mol. The Morgan fingerprint density at radius 3 is 2.68 bits per heavy atom. The molecule has 0 spiro atoms. The molecule has 0 fully saturated rings. The lowest BCUT2D eigenvalue weighted by atomic mass is 10.1. The van der Waals surface area contributed by atoms with Gasteiger partial charge in [-0.3, -0.25) is 15.2 Å². The second-order valence-corrected chi connectivity index (χ2v) is 4.26. The van der Waals surface area contributed by atoms with E-state index in [1.54, 1.807) is 13.0 Å². The van der Waals surface area contributed by atoms with E-state index in [1.807, 2.05) is 36.4 Å². The maximum Gasteiger partial charge on any atom is 0.258 e. The molecule has 19 heavy (non-hydrogen) atoms. The number of H-pyrrole nitrogens is 1. The molecule has 2 aromatic carbocycles. The standard InChI is InChI=1S/C14H12N4O/c1-9-15-14(18-17-9)16-13(19)12-7-6-10-4-2-3-5-11(10)8-12/h2-8H,1H3,(H2,15,16,17,18,19). The number of amides is 1. The molecule has 0 bridgehead atoms. The lowest BCUT2D eigenvalue weighted by Gasteiger charge is -2.03. The zero-order valence-corrected chi connectivity index (χ0v) is 10.3. The summed E-state index contributed by atoms with van der Waals surface area (Å²) in [5.74, 6) is 0.731. The van der Waals surface area contributed by atoms with E-state index >= 15 is 0 Å². The summed E-state index contributed by atoms with van der Waals surface area (Å²) < 4.78 is 0. The van der Waals surface area contributed by atoms with Crippen molar-refractivity contribution >= 4 is 22.6 Å². The Hall–Kier alpha value is -2.69. The van der Waals surface area contributed by atoms with E-state index in [-0.39, 0.29) is 11.9 Å². The second kappa shape index (κ2) is 4.53. The van der Waals surface area contributed by atoms with Gasteiger partial charge in [0.25, 0.3) is 5.91 Å². The molecule has 0 saturated carbocycles. The highest BCUT2D eigenvalue weighted by atomic mass is 16.1. The molecule has 1 amide bonds. The van der Waals surface area contributed by atoms with Crippen LogP contribution in [0.15, 0.2) is 42.5 Å². The molecule has 0 saturated heterocycles. The first kappa shape index (κ1) is 11.4. The monoisotopic (exact) mass is 252 g/mol. The minimum Gasteiger partial charge on any atom is -0.289 e. The Morgan fingerprint density at radius 2 is 1.95 bits per heavy atom. The van der Waals surface area contributed by atoms with Gasteiger partial charge in [0.15, 0.2) is 0 Å².